The Labute approximate surface area is 123 Å². The zero-order valence-electron chi connectivity index (χ0n) is 12.5. The molecule has 0 atom stereocenters. The van der Waals surface area contributed by atoms with E-state index >= 15 is 0 Å². The smallest absolute Gasteiger partial charge is 0.328 e. The van der Waals surface area contributed by atoms with E-state index in [0.29, 0.717) is 19.0 Å². The van der Waals surface area contributed by atoms with Gasteiger partial charge in [-0.2, -0.15) is 0 Å². The quantitative estimate of drug-likeness (QED) is 0.922. The standard InChI is InChI=1S/C16H19N3O2/c1-10(2)18-8-6-12-13(18)5-4-11(3)15(12)19-9-7-14(20)17-16(19)21/h4-6,8,10H,7,9H2,1-3H3,(H,17,20,21). The van der Waals surface area contributed by atoms with Crippen LogP contribution in [0.1, 0.15) is 31.9 Å². The van der Waals surface area contributed by atoms with Crippen LogP contribution in [0.5, 0.6) is 0 Å². The van der Waals surface area contributed by atoms with Crippen LogP contribution in [0.4, 0.5) is 10.5 Å². The van der Waals surface area contributed by atoms with Crippen LogP contribution in [0.2, 0.25) is 0 Å². The van der Waals surface area contributed by atoms with Crippen LogP contribution < -0.4 is 10.2 Å². The Morgan fingerprint density at radius 2 is 1.95 bits per heavy atom. The van der Waals surface area contributed by atoms with Crippen LogP contribution in [0.3, 0.4) is 0 Å². The summed E-state index contributed by atoms with van der Waals surface area (Å²) < 4.78 is 2.19. The molecule has 1 fully saturated rings. The number of nitrogens with zero attached hydrogens (tertiary/aromatic N) is 2. The molecule has 3 rings (SSSR count). The summed E-state index contributed by atoms with van der Waals surface area (Å²) in [4.78, 5) is 25.1. The number of amides is 3. The fourth-order valence-electron chi connectivity index (χ4n) is 2.92. The number of benzene rings is 1. The second-order valence-corrected chi connectivity index (χ2v) is 5.74. The van der Waals surface area contributed by atoms with Gasteiger partial charge in [0.05, 0.1) is 11.2 Å². The third kappa shape index (κ3) is 2.18. The SMILES string of the molecule is Cc1ccc2c(ccn2C(C)C)c1N1CCC(=O)NC1=O. The molecule has 5 nitrogen and oxygen atoms in total. The van der Waals surface area contributed by atoms with Crippen LogP contribution in [-0.2, 0) is 4.79 Å². The fourth-order valence-corrected chi connectivity index (χ4v) is 2.92. The summed E-state index contributed by atoms with van der Waals surface area (Å²) in [5.41, 5.74) is 3.04. The van der Waals surface area contributed by atoms with Crippen molar-refractivity contribution in [2.24, 2.45) is 0 Å². The zero-order valence-corrected chi connectivity index (χ0v) is 12.5. The predicted molar refractivity (Wildman–Crippen MR) is 82.6 cm³/mol. The molecular formula is C16H19N3O2. The van der Waals surface area contributed by atoms with Gasteiger partial charge in [0, 0.05) is 30.6 Å². The van der Waals surface area contributed by atoms with Gasteiger partial charge < -0.3 is 4.57 Å². The monoisotopic (exact) mass is 285 g/mol. The second kappa shape index (κ2) is 4.91. The molecule has 1 N–H and O–H groups in total. The molecular weight excluding hydrogens is 266 g/mol. The molecule has 0 unspecified atom stereocenters. The molecule has 3 amide bonds. The van der Waals surface area contributed by atoms with Gasteiger partial charge in [-0.1, -0.05) is 6.07 Å². The first-order valence-corrected chi connectivity index (χ1v) is 7.20. The molecule has 2 heterocycles. The maximum Gasteiger partial charge on any atom is 0.328 e. The molecule has 1 saturated heterocycles. The largest absolute Gasteiger partial charge is 0.345 e. The first kappa shape index (κ1) is 13.7. The number of carbonyl (C=O) groups is 2. The van der Waals surface area contributed by atoms with Crippen LogP contribution in [0.15, 0.2) is 24.4 Å². The Kier molecular flexibility index (Phi) is 3.20. The van der Waals surface area contributed by atoms with Gasteiger partial charge in [-0.25, -0.2) is 4.79 Å². The van der Waals surface area contributed by atoms with E-state index in [9.17, 15) is 9.59 Å². The van der Waals surface area contributed by atoms with E-state index in [1.54, 1.807) is 4.90 Å². The Morgan fingerprint density at radius 3 is 2.62 bits per heavy atom. The third-order valence-electron chi connectivity index (χ3n) is 3.96. The number of carbonyl (C=O) groups excluding carboxylic acids is 2. The molecule has 21 heavy (non-hydrogen) atoms. The van der Waals surface area contributed by atoms with E-state index in [-0.39, 0.29) is 11.9 Å². The molecule has 1 aliphatic rings. The number of anilines is 1. The summed E-state index contributed by atoms with van der Waals surface area (Å²) >= 11 is 0. The Hall–Kier alpha value is -2.30. The lowest BCUT2D eigenvalue weighted by molar-refractivity contribution is -0.120. The molecule has 2 aromatic rings. The van der Waals surface area contributed by atoms with E-state index in [2.05, 4.69) is 29.8 Å². The molecule has 1 aliphatic heterocycles. The lowest BCUT2D eigenvalue weighted by atomic mass is 10.1. The van der Waals surface area contributed by atoms with Gasteiger partial charge in [0.2, 0.25) is 5.91 Å². The highest BCUT2D eigenvalue weighted by molar-refractivity contribution is 6.10. The average molecular weight is 285 g/mol. The molecule has 0 radical (unpaired) electrons. The maximum atomic E-state index is 12.1. The van der Waals surface area contributed by atoms with Crippen molar-refractivity contribution in [3.8, 4) is 0 Å². The number of rotatable bonds is 2. The number of urea groups is 1. The van der Waals surface area contributed by atoms with Crippen LogP contribution >= 0.6 is 0 Å². The third-order valence-corrected chi connectivity index (χ3v) is 3.96. The van der Waals surface area contributed by atoms with Crippen molar-refractivity contribution >= 4 is 28.5 Å². The lowest BCUT2D eigenvalue weighted by Gasteiger charge is -2.28. The summed E-state index contributed by atoms with van der Waals surface area (Å²) in [5.74, 6) is -0.208. The zero-order chi connectivity index (χ0) is 15.1. The van der Waals surface area contributed by atoms with Gasteiger partial charge in [0.15, 0.2) is 0 Å². The van der Waals surface area contributed by atoms with E-state index in [4.69, 9.17) is 0 Å². The lowest BCUT2D eigenvalue weighted by Crippen LogP contribution is -2.49. The minimum atomic E-state index is -0.334. The van der Waals surface area contributed by atoms with E-state index in [0.717, 1.165) is 22.2 Å². The molecule has 0 saturated carbocycles. The highest BCUT2D eigenvalue weighted by Crippen LogP contribution is 2.33. The topological polar surface area (TPSA) is 54.3 Å². The van der Waals surface area contributed by atoms with Gasteiger partial charge in [0.25, 0.3) is 0 Å². The highest BCUT2D eigenvalue weighted by Gasteiger charge is 2.27. The number of imide groups is 1. The molecule has 110 valence electrons. The minimum absolute atomic E-state index is 0.208. The number of aryl methyl sites for hydroxylation is 1. The van der Waals surface area contributed by atoms with Gasteiger partial charge in [0.1, 0.15) is 0 Å². The first-order valence-electron chi connectivity index (χ1n) is 7.20. The number of nitrogens with one attached hydrogen (secondary N) is 1. The summed E-state index contributed by atoms with van der Waals surface area (Å²) in [6.07, 6.45) is 2.39. The summed E-state index contributed by atoms with van der Waals surface area (Å²) in [7, 11) is 0. The van der Waals surface area contributed by atoms with Crippen molar-refractivity contribution in [1.82, 2.24) is 9.88 Å². The van der Waals surface area contributed by atoms with E-state index in [1.165, 1.54) is 0 Å². The number of fused-ring (bicyclic) bond motifs is 1. The molecule has 1 aromatic heterocycles. The van der Waals surface area contributed by atoms with Gasteiger partial charge in [-0.15, -0.1) is 0 Å². The maximum absolute atomic E-state index is 12.1. The number of hydrogen-bond donors (Lipinski definition) is 1. The molecule has 0 aliphatic carbocycles. The molecule has 0 bridgehead atoms. The van der Waals surface area contributed by atoms with Gasteiger partial charge in [-0.05, 0) is 38.5 Å². The van der Waals surface area contributed by atoms with Crippen molar-refractivity contribution < 1.29 is 9.59 Å². The Bertz CT molecular complexity index is 730. The van der Waals surface area contributed by atoms with E-state index in [1.807, 2.05) is 25.3 Å². The minimum Gasteiger partial charge on any atom is -0.345 e. The van der Waals surface area contributed by atoms with Crippen LogP contribution in [-0.4, -0.2) is 23.1 Å². The normalized spacial score (nSPS) is 15.9. The Morgan fingerprint density at radius 1 is 1.19 bits per heavy atom. The molecule has 5 heteroatoms. The Balaban J connectivity index is 2.15. The fraction of sp³-hybridized carbons (Fsp3) is 0.375. The molecule has 0 spiro atoms. The second-order valence-electron chi connectivity index (χ2n) is 5.74. The van der Waals surface area contributed by atoms with Crippen LogP contribution in [0, 0.1) is 6.92 Å². The number of aromatic nitrogens is 1. The first-order chi connectivity index (χ1) is 9.99. The van der Waals surface area contributed by atoms with Crippen molar-refractivity contribution in [2.45, 2.75) is 33.2 Å². The summed E-state index contributed by atoms with van der Waals surface area (Å²) in [6, 6.07) is 6.18. The highest BCUT2D eigenvalue weighted by atomic mass is 16.2. The van der Waals surface area contributed by atoms with E-state index < -0.39 is 0 Å². The average Bonchev–Trinajstić information content (AvgIpc) is 2.84. The van der Waals surface area contributed by atoms with Crippen LogP contribution in [0.25, 0.3) is 10.9 Å². The van der Waals surface area contributed by atoms with Crippen molar-refractivity contribution in [1.29, 1.82) is 0 Å². The molecule has 1 aromatic carbocycles. The van der Waals surface area contributed by atoms with Crippen molar-refractivity contribution in [3.05, 3.63) is 30.0 Å². The van der Waals surface area contributed by atoms with Crippen molar-refractivity contribution in [3.63, 3.8) is 0 Å². The van der Waals surface area contributed by atoms with Gasteiger partial charge >= 0.3 is 6.03 Å². The summed E-state index contributed by atoms with van der Waals surface area (Å²) in [6.45, 7) is 6.68. The number of hydrogen-bond acceptors (Lipinski definition) is 2. The van der Waals surface area contributed by atoms with Gasteiger partial charge in [-0.3, -0.25) is 15.0 Å². The van der Waals surface area contributed by atoms with Crippen molar-refractivity contribution in [2.75, 3.05) is 11.4 Å². The summed E-state index contributed by atoms with van der Waals surface area (Å²) in [5, 5.41) is 3.44. The predicted octanol–water partition coefficient (Wildman–Crippen LogP) is 2.98.